The maximum atomic E-state index is 9.30. The van der Waals surface area contributed by atoms with Crippen molar-refractivity contribution in [2.24, 2.45) is 7.05 Å². The molecule has 128 valence electrons. The normalized spacial score (nSPS) is 19.9. The smallest absolute Gasteiger partial charge is 0.146 e. The van der Waals surface area contributed by atoms with Gasteiger partial charge in [-0.3, -0.25) is 4.90 Å². The number of hydrogen-bond donors (Lipinski definition) is 1. The maximum absolute atomic E-state index is 9.30. The van der Waals surface area contributed by atoms with Gasteiger partial charge < -0.3 is 9.67 Å². The highest BCUT2D eigenvalue weighted by Gasteiger charge is 2.31. The van der Waals surface area contributed by atoms with E-state index in [-0.39, 0.29) is 6.61 Å². The first-order chi connectivity index (χ1) is 11.8. The van der Waals surface area contributed by atoms with Crippen LogP contribution >= 0.6 is 0 Å². The minimum atomic E-state index is 0.233. The topological polar surface area (TPSA) is 54.2 Å². The predicted octanol–water partition coefficient (Wildman–Crippen LogP) is 2.56. The average molecular weight is 326 g/mol. The van der Waals surface area contributed by atoms with E-state index in [1.807, 2.05) is 0 Å². The minimum Gasteiger partial charge on any atom is -0.396 e. The molecule has 1 heterocycles. The molecule has 0 bridgehead atoms. The minimum absolute atomic E-state index is 0.233. The zero-order valence-corrected chi connectivity index (χ0v) is 14.4. The third-order valence-electron chi connectivity index (χ3n) is 5.43. The van der Waals surface area contributed by atoms with Gasteiger partial charge in [0.25, 0.3) is 0 Å². The quantitative estimate of drug-likeness (QED) is 0.850. The second kappa shape index (κ2) is 6.65. The van der Waals surface area contributed by atoms with Crippen LogP contribution in [0.3, 0.4) is 0 Å². The van der Waals surface area contributed by atoms with E-state index in [1.165, 1.54) is 24.0 Å². The summed E-state index contributed by atoms with van der Waals surface area (Å²) in [7, 11) is 2.09. The number of rotatable bonds is 7. The summed E-state index contributed by atoms with van der Waals surface area (Å²) < 4.78 is 2.18. The lowest BCUT2D eigenvalue weighted by Crippen LogP contribution is -2.30. The van der Waals surface area contributed by atoms with Crippen molar-refractivity contribution in [1.82, 2.24) is 19.7 Å². The van der Waals surface area contributed by atoms with E-state index < -0.39 is 0 Å². The van der Waals surface area contributed by atoms with Gasteiger partial charge in [0.2, 0.25) is 0 Å². The van der Waals surface area contributed by atoms with E-state index >= 15 is 0 Å². The van der Waals surface area contributed by atoms with Crippen LogP contribution in [-0.2, 0) is 20.0 Å². The number of fused-ring (bicyclic) bond motifs is 1. The predicted molar refractivity (Wildman–Crippen MR) is 92.6 cm³/mol. The van der Waals surface area contributed by atoms with Crippen molar-refractivity contribution < 1.29 is 5.11 Å². The Morgan fingerprint density at radius 2 is 2.04 bits per heavy atom. The van der Waals surface area contributed by atoms with Gasteiger partial charge in [-0.1, -0.05) is 24.3 Å². The highest BCUT2D eigenvalue weighted by molar-refractivity contribution is 5.34. The molecule has 0 spiro atoms. The lowest BCUT2D eigenvalue weighted by molar-refractivity contribution is 0.160. The van der Waals surface area contributed by atoms with Crippen LogP contribution < -0.4 is 0 Å². The number of benzene rings is 1. The van der Waals surface area contributed by atoms with E-state index in [2.05, 4.69) is 51.0 Å². The van der Waals surface area contributed by atoms with Crippen LogP contribution in [0, 0.1) is 0 Å². The second-order valence-electron chi connectivity index (χ2n) is 7.11. The van der Waals surface area contributed by atoms with Crippen molar-refractivity contribution in [2.75, 3.05) is 13.2 Å². The van der Waals surface area contributed by atoms with Crippen LogP contribution in [0.15, 0.2) is 24.3 Å². The van der Waals surface area contributed by atoms with E-state index in [9.17, 15) is 5.11 Å². The molecule has 0 radical (unpaired) electrons. The fourth-order valence-corrected chi connectivity index (χ4v) is 3.92. The van der Waals surface area contributed by atoms with Crippen molar-refractivity contribution in [2.45, 2.75) is 50.6 Å². The molecule has 0 amide bonds. The monoisotopic (exact) mass is 326 g/mol. The zero-order valence-electron chi connectivity index (χ0n) is 14.4. The van der Waals surface area contributed by atoms with Crippen molar-refractivity contribution in [3.63, 3.8) is 0 Å². The first kappa shape index (κ1) is 15.8. The molecule has 1 fully saturated rings. The Balaban J connectivity index is 1.56. The third-order valence-corrected chi connectivity index (χ3v) is 5.43. The number of nitrogens with zero attached hydrogens (tertiary/aromatic N) is 4. The van der Waals surface area contributed by atoms with Crippen molar-refractivity contribution in [3.8, 4) is 0 Å². The molecule has 4 rings (SSSR count). The molecule has 1 aromatic heterocycles. The lowest BCUT2D eigenvalue weighted by atomic mass is 10.1. The standard InChI is InChI=1S/C19H26N4O/c1-22-18(20-21-19(22)15-7-8-15)13-23(11-4-12-24)17-10-9-14-5-2-3-6-16(14)17/h2-3,5-6,15,17,24H,4,7-13H2,1H3. The van der Waals surface area contributed by atoms with Gasteiger partial charge in [-0.05, 0) is 43.2 Å². The summed E-state index contributed by atoms with van der Waals surface area (Å²) in [6.45, 7) is 1.92. The summed E-state index contributed by atoms with van der Waals surface area (Å²) in [6, 6.07) is 9.19. The van der Waals surface area contributed by atoms with E-state index in [0.29, 0.717) is 12.0 Å². The summed E-state index contributed by atoms with van der Waals surface area (Å²) in [5.74, 6) is 2.80. The van der Waals surface area contributed by atoms with E-state index in [1.54, 1.807) is 0 Å². The summed E-state index contributed by atoms with van der Waals surface area (Å²) in [6.07, 6.45) is 5.58. The van der Waals surface area contributed by atoms with Crippen molar-refractivity contribution in [3.05, 3.63) is 47.0 Å². The van der Waals surface area contributed by atoms with Gasteiger partial charge in [-0.2, -0.15) is 0 Å². The number of aliphatic hydroxyl groups is 1. The SMILES string of the molecule is Cn1c(CN(CCCO)C2CCc3ccccc32)nnc1C1CC1. The Bertz CT molecular complexity index is 707. The van der Waals surface area contributed by atoms with Crippen molar-refractivity contribution >= 4 is 0 Å². The molecule has 1 N–H and O–H groups in total. The van der Waals surface area contributed by atoms with E-state index in [0.717, 1.165) is 44.0 Å². The molecule has 2 aromatic rings. The highest BCUT2D eigenvalue weighted by atomic mass is 16.3. The fourth-order valence-electron chi connectivity index (χ4n) is 3.92. The van der Waals surface area contributed by atoms with Crippen LogP contribution in [0.2, 0.25) is 0 Å². The molecule has 5 nitrogen and oxygen atoms in total. The zero-order chi connectivity index (χ0) is 16.5. The lowest BCUT2D eigenvalue weighted by Gasteiger charge is -2.29. The van der Waals surface area contributed by atoms with Gasteiger partial charge in [-0.15, -0.1) is 10.2 Å². The number of aromatic nitrogens is 3. The number of aliphatic hydroxyl groups excluding tert-OH is 1. The number of aryl methyl sites for hydroxylation is 1. The maximum Gasteiger partial charge on any atom is 0.146 e. The Kier molecular flexibility index (Phi) is 4.37. The number of hydrogen-bond acceptors (Lipinski definition) is 4. The molecule has 1 saturated carbocycles. The van der Waals surface area contributed by atoms with Crippen molar-refractivity contribution in [1.29, 1.82) is 0 Å². The van der Waals surface area contributed by atoms with Gasteiger partial charge in [0, 0.05) is 32.2 Å². The van der Waals surface area contributed by atoms with E-state index in [4.69, 9.17) is 0 Å². The van der Waals surface area contributed by atoms with Crippen LogP contribution in [0.4, 0.5) is 0 Å². The molecule has 1 aromatic carbocycles. The second-order valence-corrected chi connectivity index (χ2v) is 7.11. The molecule has 1 atom stereocenters. The summed E-state index contributed by atoms with van der Waals surface area (Å²) in [5, 5.41) is 18.2. The fraction of sp³-hybridized carbons (Fsp3) is 0.579. The molecule has 0 saturated heterocycles. The Labute approximate surface area is 143 Å². The average Bonchev–Trinajstić information content (AvgIpc) is 3.25. The molecular weight excluding hydrogens is 300 g/mol. The van der Waals surface area contributed by atoms with Gasteiger partial charge in [0.05, 0.1) is 6.54 Å². The third kappa shape index (κ3) is 2.98. The summed E-state index contributed by atoms with van der Waals surface area (Å²) >= 11 is 0. The Morgan fingerprint density at radius 1 is 1.21 bits per heavy atom. The van der Waals surface area contributed by atoms with Crippen LogP contribution in [-0.4, -0.2) is 37.9 Å². The molecule has 1 unspecified atom stereocenters. The Morgan fingerprint density at radius 3 is 2.83 bits per heavy atom. The summed E-state index contributed by atoms with van der Waals surface area (Å²) in [4.78, 5) is 2.47. The van der Waals surface area contributed by atoms with Crippen LogP contribution in [0.25, 0.3) is 0 Å². The van der Waals surface area contributed by atoms with Gasteiger partial charge >= 0.3 is 0 Å². The molecule has 0 aliphatic heterocycles. The van der Waals surface area contributed by atoms with Gasteiger partial charge in [0.15, 0.2) is 0 Å². The Hall–Kier alpha value is -1.72. The van der Waals surface area contributed by atoms with Crippen LogP contribution in [0.1, 0.15) is 60.4 Å². The molecule has 2 aliphatic carbocycles. The largest absolute Gasteiger partial charge is 0.396 e. The van der Waals surface area contributed by atoms with Crippen LogP contribution in [0.5, 0.6) is 0 Å². The summed E-state index contributed by atoms with van der Waals surface area (Å²) in [5.41, 5.74) is 2.91. The highest BCUT2D eigenvalue weighted by Crippen LogP contribution is 2.39. The first-order valence-electron chi connectivity index (χ1n) is 9.09. The molecule has 5 heteroatoms. The van der Waals surface area contributed by atoms with Gasteiger partial charge in [-0.25, -0.2) is 0 Å². The molecular formula is C19H26N4O. The first-order valence-corrected chi connectivity index (χ1v) is 9.09. The molecule has 24 heavy (non-hydrogen) atoms. The van der Waals surface area contributed by atoms with Gasteiger partial charge in [0.1, 0.15) is 11.6 Å². The molecule has 2 aliphatic rings.